The second-order valence-electron chi connectivity index (χ2n) is 12.9. The molecule has 2 aliphatic heterocycles. The Morgan fingerprint density at radius 2 is 1.72 bits per heavy atom. The Kier molecular flexibility index (Phi) is 15.1. The van der Waals surface area contributed by atoms with Crippen LogP contribution in [0.2, 0.25) is 0 Å². The molecule has 11 atom stereocenters. The second-order valence-corrected chi connectivity index (χ2v) is 12.9. The van der Waals surface area contributed by atoms with E-state index in [1.54, 1.807) is 19.3 Å². The molecule has 2 aliphatic rings. The van der Waals surface area contributed by atoms with Crippen molar-refractivity contribution in [3.8, 4) is 0 Å². The number of hydrogen-bond acceptors (Lipinski definition) is 11. The zero-order valence-corrected chi connectivity index (χ0v) is 29.0. The molecule has 0 spiro atoms. The van der Waals surface area contributed by atoms with E-state index in [9.17, 15) is 24.3 Å². The van der Waals surface area contributed by atoms with Crippen molar-refractivity contribution >= 4 is 23.9 Å². The summed E-state index contributed by atoms with van der Waals surface area (Å²) in [6, 6.07) is 0. The van der Waals surface area contributed by atoms with E-state index in [1.165, 1.54) is 27.7 Å². The van der Waals surface area contributed by atoms with Crippen LogP contribution in [0.1, 0.15) is 88.0 Å². The van der Waals surface area contributed by atoms with E-state index in [0.717, 1.165) is 12.0 Å². The molecule has 1 fully saturated rings. The van der Waals surface area contributed by atoms with Crippen LogP contribution in [0.25, 0.3) is 0 Å². The molecule has 0 radical (unpaired) electrons. The van der Waals surface area contributed by atoms with Gasteiger partial charge in [0.1, 0.15) is 36.1 Å². The third kappa shape index (κ3) is 12.0. The first-order chi connectivity index (χ1) is 21.5. The van der Waals surface area contributed by atoms with Crippen molar-refractivity contribution in [3.63, 3.8) is 0 Å². The van der Waals surface area contributed by atoms with Gasteiger partial charge in [0.15, 0.2) is 0 Å². The van der Waals surface area contributed by atoms with Gasteiger partial charge in [0, 0.05) is 45.6 Å². The molecule has 260 valence electrons. The van der Waals surface area contributed by atoms with Crippen LogP contribution in [0.3, 0.4) is 0 Å². The topological polar surface area (TPSA) is 147 Å². The lowest BCUT2D eigenvalue weighted by molar-refractivity contribution is -0.160. The van der Waals surface area contributed by atoms with Crippen molar-refractivity contribution in [1.82, 2.24) is 0 Å². The molecular formula is C35H54O11. The highest BCUT2D eigenvalue weighted by molar-refractivity contribution is 5.72. The lowest BCUT2D eigenvalue weighted by Gasteiger charge is -2.33. The van der Waals surface area contributed by atoms with Crippen LogP contribution in [-0.2, 0) is 47.6 Å². The van der Waals surface area contributed by atoms with Crippen LogP contribution in [-0.4, -0.2) is 84.4 Å². The minimum absolute atomic E-state index is 0.0360. The van der Waals surface area contributed by atoms with E-state index in [4.69, 9.17) is 28.4 Å². The van der Waals surface area contributed by atoms with Gasteiger partial charge in [-0.3, -0.25) is 19.2 Å². The van der Waals surface area contributed by atoms with Gasteiger partial charge in [-0.25, -0.2) is 0 Å². The van der Waals surface area contributed by atoms with Crippen molar-refractivity contribution in [2.75, 3.05) is 7.11 Å². The maximum Gasteiger partial charge on any atom is 0.310 e. The summed E-state index contributed by atoms with van der Waals surface area (Å²) in [5.74, 6) is -2.50. The summed E-state index contributed by atoms with van der Waals surface area (Å²) in [6.45, 7) is 15.2. The minimum Gasteiger partial charge on any atom is -0.462 e. The molecule has 0 bridgehead atoms. The van der Waals surface area contributed by atoms with E-state index in [2.05, 4.69) is 13.8 Å². The predicted molar refractivity (Wildman–Crippen MR) is 170 cm³/mol. The van der Waals surface area contributed by atoms with E-state index < -0.39 is 53.9 Å². The summed E-state index contributed by atoms with van der Waals surface area (Å²) in [5, 5.41) is 11.2. The third-order valence-corrected chi connectivity index (χ3v) is 8.67. The first kappa shape index (κ1) is 39.2. The summed E-state index contributed by atoms with van der Waals surface area (Å²) in [7, 11) is 1.68. The number of cyclic esters (lactones) is 1. The molecular weight excluding hydrogens is 596 g/mol. The van der Waals surface area contributed by atoms with Crippen LogP contribution < -0.4 is 0 Å². The van der Waals surface area contributed by atoms with Crippen LogP contribution in [0, 0.1) is 17.8 Å². The van der Waals surface area contributed by atoms with E-state index in [1.807, 2.05) is 39.0 Å². The van der Waals surface area contributed by atoms with Gasteiger partial charge in [-0.2, -0.15) is 0 Å². The fraction of sp³-hybridized carbons (Fsp3) is 0.714. The van der Waals surface area contributed by atoms with Crippen LogP contribution in [0.5, 0.6) is 0 Å². The van der Waals surface area contributed by atoms with Gasteiger partial charge in [-0.1, -0.05) is 52.0 Å². The number of hydrogen-bond donors (Lipinski definition) is 1. The van der Waals surface area contributed by atoms with Crippen molar-refractivity contribution in [2.45, 2.75) is 136 Å². The Morgan fingerprint density at radius 3 is 2.28 bits per heavy atom. The number of aliphatic hydroxyl groups is 1. The smallest absolute Gasteiger partial charge is 0.310 e. The highest BCUT2D eigenvalue weighted by Gasteiger charge is 2.52. The summed E-state index contributed by atoms with van der Waals surface area (Å²) < 4.78 is 34.0. The molecule has 11 nitrogen and oxygen atoms in total. The van der Waals surface area contributed by atoms with Crippen LogP contribution in [0.4, 0.5) is 0 Å². The number of rotatable bonds is 12. The molecule has 0 amide bonds. The molecule has 1 N–H and O–H groups in total. The molecule has 2 heterocycles. The monoisotopic (exact) mass is 650 g/mol. The maximum absolute atomic E-state index is 13.1. The van der Waals surface area contributed by atoms with Gasteiger partial charge < -0.3 is 33.5 Å². The predicted octanol–water partition coefficient (Wildman–Crippen LogP) is 4.79. The summed E-state index contributed by atoms with van der Waals surface area (Å²) >= 11 is 0. The molecule has 1 saturated heterocycles. The van der Waals surface area contributed by atoms with Crippen molar-refractivity contribution in [3.05, 3.63) is 36.0 Å². The number of carbonyl (C=O) groups excluding carboxylic acids is 4. The molecule has 0 saturated carbocycles. The zero-order valence-electron chi connectivity index (χ0n) is 29.0. The van der Waals surface area contributed by atoms with Gasteiger partial charge in [-0.05, 0) is 44.8 Å². The first-order valence-corrected chi connectivity index (χ1v) is 16.2. The Labute approximate surface area is 273 Å². The minimum atomic E-state index is -1.48. The number of methoxy groups -OCH3 is 1. The molecule has 0 unspecified atom stereocenters. The van der Waals surface area contributed by atoms with E-state index in [0.29, 0.717) is 0 Å². The molecule has 0 aliphatic carbocycles. The van der Waals surface area contributed by atoms with Crippen molar-refractivity contribution < 1.29 is 52.7 Å². The Balaban J connectivity index is 2.32. The van der Waals surface area contributed by atoms with E-state index in [-0.39, 0.29) is 55.3 Å². The van der Waals surface area contributed by atoms with Gasteiger partial charge >= 0.3 is 23.9 Å². The number of ether oxygens (including phenoxy) is 6. The molecule has 0 aromatic rings. The standard InChI is InChI=1S/C35H54O11/c1-11-28(41-10)23(5)33-34(46-33)32(44-26(8)38)21(3)14-12-13-20(2)31-22(4)15-16-29(43-25(7)37)35(9,40)18-17-27(42-24(6)36)19-30(39)45-31/h12-16,21-23,27-29,31-34,40H,11,17-19H2,1-10H3/b14-12+,16-15+,20-13+/t21-,22+,23-,27-,28+,29+,31-,32-,33-,34-,35-/m1/s1. The van der Waals surface area contributed by atoms with Crippen LogP contribution in [0.15, 0.2) is 36.0 Å². The van der Waals surface area contributed by atoms with Crippen molar-refractivity contribution in [2.24, 2.45) is 17.8 Å². The van der Waals surface area contributed by atoms with Gasteiger partial charge in [0.2, 0.25) is 0 Å². The van der Waals surface area contributed by atoms with Crippen molar-refractivity contribution in [1.29, 1.82) is 0 Å². The average Bonchev–Trinajstić information content (AvgIpc) is 3.75. The fourth-order valence-corrected chi connectivity index (χ4v) is 5.99. The molecule has 11 heteroatoms. The lowest BCUT2D eigenvalue weighted by atomic mass is 9.88. The average molecular weight is 651 g/mol. The first-order valence-electron chi connectivity index (χ1n) is 16.2. The molecule has 0 aromatic heterocycles. The quantitative estimate of drug-likeness (QED) is 0.102. The summed E-state index contributed by atoms with van der Waals surface area (Å²) in [4.78, 5) is 48.6. The summed E-state index contributed by atoms with van der Waals surface area (Å²) in [5.41, 5.74) is -0.764. The van der Waals surface area contributed by atoms with Gasteiger partial charge in [-0.15, -0.1) is 0 Å². The Bertz CT molecular complexity index is 1140. The highest BCUT2D eigenvalue weighted by atomic mass is 16.6. The van der Waals surface area contributed by atoms with Crippen LogP contribution >= 0.6 is 0 Å². The number of epoxide rings is 1. The van der Waals surface area contributed by atoms with E-state index >= 15 is 0 Å². The Morgan fingerprint density at radius 1 is 1.07 bits per heavy atom. The fourth-order valence-electron chi connectivity index (χ4n) is 5.99. The number of esters is 4. The second kappa shape index (κ2) is 17.8. The Hall–Kier alpha value is -3.02. The molecule has 0 aromatic carbocycles. The molecule has 2 rings (SSSR count). The normalized spacial score (nSPS) is 32.5. The maximum atomic E-state index is 13.1. The summed E-state index contributed by atoms with van der Waals surface area (Å²) in [6.07, 6.45) is 6.50. The SMILES string of the molecule is CC[C@H](OC)[C@@H](C)[C@H]1O[C@@H]1[C@H](OC(C)=O)[C@H](C)/C=C/C=C(\C)[C@H]1OC(=O)C[C@H](OC(C)=O)CC[C@@](C)(O)[C@@H](OC(C)=O)/C=C/[C@@H]1C. The number of allylic oxidation sites excluding steroid dienone is 2. The largest absolute Gasteiger partial charge is 0.462 e. The zero-order chi connectivity index (χ0) is 34.8. The lowest BCUT2D eigenvalue weighted by Crippen LogP contribution is -2.42. The molecule has 46 heavy (non-hydrogen) atoms. The highest BCUT2D eigenvalue weighted by Crippen LogP contribution is 2.39. The third-order valence-electron chi connectivity index (χ3n) is 8.67. The number of carbonyl (C=O) groups is 4. The van der Waals surface area contributed by atoms with Gasteiger partial charge in [0.25, 0.3) is 0 Å². The van der Waals surface area contributed by atoms with Gasteiger partial charge in [0.05, 0.1) is 18.6 Å².